The standard InChI is InChI=1S/C31H44N4O8S/c1-7-44(42,43)35(6)25-10-8-9-24(17-25)30(39)34-26(15-19(2)3)27(36)16-20(4)28(37)33-21(5)29(38)32-18-22-11-13-23(14-12-22)31(40)41/h8-14,17,19-21,26-27,36H,7,15-16,18H2,1-6H3,(H,32,38)(H,33,37)(H,34,39)(H,40,41)/t20-,21+,26+,27+/m1/s1. The summed E-state index contributed by atoms with van der Waals surface area (Å²) in [6.07, 6.45) is -0.630. The highest BCUT2D eigenvalue weighted by Gasteiger charge is 2.28. The minimum absolute atomic E-state index is 0.0191. The molecule has 242 valence electrons. The maximum atomic E-state index is 13.1. The highest BCUT2D eigenvalue weighted by molar-refractivity contribution is 7.92. The van der Waals surface area contributed by atoms with Gasteiger partial charge < -0.3 is 26.2 Å². The Labute approximate surface area is 259 Å². The summed E-state index contributed by atoms with van der Waals surface area (Å²) < 4.78 is 25.7. The van der Waals surface area contributed by atoms with E-state index in [1.54, 1.807) is 37.3 Å². The van der Waals surface area contributed by atoms with E-state index >= 15 is 0 Å². The van der Waals surface area contributed by atoms with Gasteiger partial charge in [-0.25, -0.2) is 13.2 Å². The molecule has 0 radical (unpaired) electrons. The fourth-order valence-corrected chi connectivity index (χ4v) is 5.25. The van der Waals surface area contributed by atoms with E-state index in [0.717, 1.165) is 4.31 Å². The smallest absolute Gasteiger partial charge is 0.335 e. The summed E-state index contributed by atoms with van der Waals surface area (Å²) in [5.41, 5.74) is 1.39. The molecular formula is C31H44N4O8S. The third-order valence-electron chi connectivity index (χ3n) is 7.22. The number of anilines is 1. The Hall–Kier alpha value is -3.97. The van der Waals surface area contributed by atoms with Gasteiger partial charge in [-0.05, 0) is 68.5 Å². The normalized spacial score (nSPS) is 14.2. The van der Waals surface area contributed by atoms with E-state index in [0.29, 0.717) is 17.7 Å². The topological polar surface area (TPSA) is 182 Å². The van der Waals surface area contributed by atoms with Crippen LogP contribution in [-0.4, -0.2) is 73.3 Å². The van der Waals surface area contributed by atoms with Gasteiger partial charge in [0.15, 0.2) is 0 Å². The number of hydrogen-bond acceptors (Lipinski definition) is 7. The van der Waals surface area contributed by atoms with Gasteiger partial charge >= 0.3 is 5.97 Å². The SMILES string of the molecule is CCS(=O)(=O)N(C)c1cccc(C(=O)N[C@@H](CC(C)C)[C@@H](O)C[C@@H](C)C(=O)N[C@@H](C)C(=O)NCc2ccc(C(=O)O)cc2)c1. The number of nitrogens with zero attached hydrogens (tertiary/aromatic N) is 1. The Bertz CT molecular complexity index is 1410. The van der Waals surface area contributed by atoms with Crippen LogP contribution in [0.15, 0.2) is 48.5 Å². The molecule has 2 rings (SSSR count). The van der Waals surface area contributed by atoms with E-state index in [-0.39, 0.29) is 35.8 Å². The van der Waals surface area contributed by atoms with Gasteiger partial charge in [0.25, 0.3) is 5.91 Å². The van der Waals surface area contributed by atoms with Gasteiger partial charge in [-0.3, -0.25) is 18.7 Å². The summed E-state index contributed by atoms with van der Waals surface area (Å²) in [4.78, 5) is 49.5. The van der Waals surface area contributed by atoms with E-state index in [2.05, 4.69) is 16.0 Å². The van der Waals surface area contributed by atoms with Crippen LogP contribution in [0.4, 0.5) is 5.69 Å². The summed E-state index contributed by atoms with van der Waals surface area (Å²) >= 11 is 0. The maximum absolute atomic E-state index is 13.1. The average molecular weight is 633 g/mol. The van der Waals surface area contributed by atoms with E-state index in [1.165, 1.54) is 39.1 Å². The van der Waals surface area contributed by atoms with Crippen LogP contribution in [0.25, 0.3) is 0 Å². The Balaban J connectivity index is 1.99. The van der Waals surface area contributed by atoms with Crippen molar-refractivity contribution in [2.75, 3.05) is 17.1 Å². The lowest BCUT2D eigenvalue weighted by atomic mass is 9.92. The van der Waals surface area contributed by atoms with Gasteiger partial charge in [0, 0.05) is 25.1 Å². The number of benzene rings is 2. The third kappa shape index (κ3) is 10.6. The Morgan fingerprint density at radius 3 is 2.09 bits per heavy atom. The van der Waals surface area contributed by atoms with Crippen LogP contribution < -0.4 is 20.3 Å². The van der Waals surface area contributed by atoms with Crippen LogP contribution in [0, 0.1) is 11.8 Å². The Kier molecular flexibility index (Phi) is 13.3. The zero-order chi connectivity index (χ0) is 33.2. The van der Waals surface area contributed by atoms with Crippen molar-refractivity contribution in [1.29, 1.82) is 0 Å². The molecule has 0 aliphatic rings. The summed E-state index contributed by atoms with van der Waals surface area (Å²) in [5, 5.41) is 28.2. The first-order chi connectivity index (χ1) is 20.5. The molecule has 0 aliphatic carbocycles. The molecule has 0 bridgehead atoms. The average Bonchev–Trinajstić information content (AvgIpc) is 2.98. The van der Waals surface area contributed by atoms with Crippen molar-refractivity contribution in [1.82, 2.24) is 16.0 Å². The first kappa shape index (κ1) is 36.2. The van der Waals surface area contributed by atoms with Crippen LogP contribution in [0.1, 0.15) is 73.7 Å². The lowest BCUT2D eigenvalue weighted by Crippen LogP contribution is -2.48. The van der Waals surface area contributed by atoms with Gasteiger partial charge in [0.05, 0.1) is 29.1 Å². The number of nitrogens with one attached hydrogen (secondary N) is 3. The second-order valence-electron chi connectivity index (χ2n) is 11.3. The molecule has 13 heteroatoms. The lowest BCUT2D eigenvalue weighted by Gasteiger charge is -2.28. The van der Waals surface area contributed by atoms with Crippen molar-refractivity contribution in [2.24, 2.45) is 11.8 Å². The van der Waals surface area contributed by atoms with Gasteiger partial charge in [-0.15, -0.1) is 0 Å². The summed E-state index contributed by atoms with van der Waals surface area (Å²) in [6.45, 7) is 8.71. The van der Waals surface area contributed by atoms with Crippen LogP contribution in [0.5, 0.6) is 0 Å². The number of carbonyl (C=O) groups excluding carboxylic acids is 3. The third-order valence-corrected chi connectivity index (χ3v) is 9.00. The number of carboxylic acid groups (broad SMARTS) is 1. The molecule has 12 nitrogen and oxygen atoms in total. The fourth-order valence-electron chi connectivity index (χ4n) is 4.43. The number of sulfonamides is 1. The predicted molar refractivity (Wildman–Crippen MR) is 168 cm³/mol. The summed E-state index contributed by atoms with van der Waals surface area (Å²) in [5.74, 6) is -3.09. The Morgan fingerprint density at radius 1 is 0.886 bits per heavy atom. The van der Waals surface area contributed by atoms with Crippen LogP contribution >= 0.6 is 0 Å². The van der Waals surface area contributed by atoms with Crippen molar-refractivity contribution in [3.05, 3.63) is 65.2 Å². The number of carboxylic acids is 1. The molecule has 5 N–H and O–H groups in total. The van der Waals surface area contributed by atoms with E-state index in [1.807, 2.05) is 13.8 Å². The van der Waals surface area contributed by atoms with Crippen molar-refractivity contribution in [3.8, 4) is 0 Å². The molecule has 0 aliphatic heterocycles. The van der Waals surface area contributed by atoms with Gasteiger partial charge in [0.1, 0.15) is 6.04 Å². The number of amides is 3. The number of hydrogen-bond donors (Lipinski definition) is 5. The first-order valence-electron chi connectivity index (χ1n) is 14.5. The van der Waals surface area contributed by atoms with Gasteiger partial charge in [-0.2, -0.15) is 0 Å². The van der Waals surface area contributed by atoms with Crippen molar-refractivity contribution in [2.45, 2.75) is 72.2 Å². The number of aromatic carboxylic acids is 1. The number of carbonyl (C=O) groups is 4. The van der Waals surface area contributed by atoms with Crippen LogP contribution in [0.3, 0.4) is 0 Å². The minimum Gasteiger partial charge on any atom is -0.478 e. The zero-order valence-corrected chi connectivity index (χ0v) is 26.8. The molecule has 2 aromatic carbocycles. The molecule has 0 aromatic heterocycles. The second kappa shape index (κ2) is 16.2. The van der Waals surface area contributed by atoms with Crippen LogP contribution in [0.2, 0.25) is 0 Å². The quantitative estimate of drug-likeness (QED) is 0.187. The summed E-state index contributed by atoms with van der Waals surface area (Å²) in [7, 11) is -2.10. The molecule has 0 heterocycles. The monoisotopic (exact) mass is 632 g/mol. The minimum atomic E-state index is -3.52. The van der Waals surface area contributed by atoms with E-state index < -0.39 is 57.8 Å². The molecule has 3 amide bonds. The molecule has 0 unspecified atom stereocenters. The van der Waals surface area contributed by atoms with E-state index in [9.17, 15) is 32.7 Å². The molecule has 0 fully saturated rings. The number of rotatable bonds is 16. The fraction of sp³-hybridized carbons (Fsp3) is 0.484. The molecule has 4 atom stereocenters. The van der Waals surface area contributed by atoms with Crippen molar-refractivity contribution < 1.29 is 37.8 Å². The number of aliphatic hydroxyl groups is 1. The molecule has 2 aromatic rings. The van der Waals surface area contributed by atoms with Gasteiger partial charge in [0.2, 0.25) is 21.8 Å². The summed E-state index contributed by atoms with van der Waals surface area (Å²) in [6, 6.07) is 10.7. The highest BCUT2D eigenvalue weighted by atomic mass is 32.2. The maximum Gasteiger partial charge on any atom is 0.335 e. The second-order valence-corrected chi connectivity index (χ2v) is 13.6. The molecule has 44 heavy (non-hydrogen) atoms. The van der Waals surface area contributed by atoms with E-state index in [4.69, 9.17) is 5.11 Å². The predicted octanol–water partition coefficient (Wildman–Crippen LogP) is 2.52. The molecule has 0 saturated heterocycles. The van der Waals surface area contributed by atoms with Crippen molar-refractivity contribution >= 4 is 39.4 Å². The van der Waals surface area contributed by atoms with Crippen molar-refractivity contribution in [3.63, 3.8) is 0 Å². The van der Waals surface area contributed by atoms with Crippen LogP contribution in [-0.2, 0) is 26.2 Å². The zero-order valence-electron chi connectivity index (χ0n) is 26.0. The Morgan fingerprint density at radius 2 is 1.52 bits per heavy atom. The largest absolute Gasteiger partial charge is 0.478 e. The molecule has 0 saturated carbocycles. The van der Waals surface area contributed by atoms with Gasteiger partial charge in [-0.1, -0.05) is 39.0 Å². The number of aliphatic hydroxyl groups excluding tert-OH is 1. The molecule has 0 spiro atoms. The lowest BCUT2D eigenvalue weighted by molar-refractivity contribution is -0.131. The molecular weight excluding hydrogens is 588 g/mol. The first-order valence-corrected chi connectivity index (χ1v) is 16.1. The highest BCUT2D eigenvalue weighted by Crippen LogP contribution is 2.20.